The monoisotopic (exact) mass is 482 g/mol. The summed E-state index contributed by atoms with van der Waals surface area (Å²) in [6, 6.07) is 10.6. The highest BCUT2D eigenvalue weighted by atomic mass is 32.2. The van der Waals surface area contributed by atoms with Crippen LogP contribution >= 0.6 is 0 Å². The van der Waals surface area contributed by atoms with Crippen molar-refractivity contribution in [1.82, 2.24) is 9.21 Å². The molecule has 0 N–H and O–H groups in total. The second kappa shape index (κ2) is 9.68. The number of halogens is 1. The first-order valence-corrected chi connectivity index (χ1v) is 13.5. The van der Waals surface area contributed by atoms with Crippen LogP contribution in [0.1, 0.15) is 37.0 Å². The lowest BCUT2D eigenvalue weighted by Gasteiger charge is -2.32. The van der Waals surface area contributed by atoms with Gasteiger partial charge in [0.1, 0.15) is 5.82 Å². The molecule has 0 saturated carbocycles. The fourth-order valence-electron chi connectivity index (χ4n) is 3.85. The fraction of sp³-hybridized carbons (Fsp3) is 0.409. The van der Waals surface area contributed by atoms with Gasteiger partial charge >= 0.3 is 0 Å². The van der Waals surface area contributed by atoms with E-state index in [0.717, 1.165) is 12.1 Å². The minimum Gasteiger partial charge on any atom is -0.339 e. The molecule has 0 spiro atoms. The van der Waals surface area contributed by atoms with Crippen LogP contribution in [0.3, 0.4) is 0 Å². The molecule has 1 amide bonds. The van der Waals surface area contributed by atoms with E-state index in [4.69, 9.17) is 0 Å². The van der Waals surface area contributed by atoms with E-state index in [1.165, 1.54) is 40.7 Å². The molecular weight excluding hydrogens is 455 g/mol. The maximum Gasteiger partial charge on any atom is 0.253 e. The van der Waals surface area contributed by atoms with Gasteiger partial charge in [-0.05, 0) is 61.4 Å². The summed E-state index contributed by atoms with van der Waals surface area (Å²) >= 11 is 0. The van der Waals surface area contributed by atoms with E-state index < -0.39 is 30.9 Å². The second-order valence-electron chi connectivity index (χ2n) is 7.60. The molecule has 2 aromatic rings. The minimum atomic E-state index is -3.60. The minimum absolute atomic E-state index is 0.0775. The summed E-state index contributed by atoms with van der Waals surface area (Å²) in [5.41, 5.74) is 0.350. The van der Waals surface area contributed by atoms with Crippen molar-refractivity contribution in [2.24, 2.45) is 0 Å². The van der Waals surface area contributed by atoms with E-state index in [2.05, 4.69) is 0 Å². The average Bonchev–Trinajstić information content (AvgIpc) is 2.79. The fourth-order valence-corrected chi connectivity index (χ4v) is 7.04. The zero-order valence-corrected chi connectivity index (χ0v) is 19.7. The Hall–Kier alpha value is -2.30. The third kappa shape index (κ3) is 4.87. The number of carbonyl (C=O) groups is 1. The van der Waals surface area contributed by atoms with Crippen LogP contribution in [0.2, 0.25) is 0 Å². The van der Waals surface area contributed by atoms with Gasteiger partial charge in [-0.25, -0.2) is 21.2 Å². The molecule has 1 saturated heterocycles. The summed E-state index contributed by atoms with van der Waals surface area (Å²) in [6.07, 6.45) is 0.555. The van der Waals surface area contributed by atoms with E-state index in [0.29, 0.717) is 18.7 Å². The molecule has 32 heavy (non-hydrogen) atoms. The van der Waals surface area contributed by atoms with Crippen LogP contribution in [0.5, 0.6) is 0 Å². The topological polar surface area (TPSA) is 91.8 Å². The third-order valence-corrected chi connectivity index (χ3v) is 10.1. The Balaban J connectivity index is 1.67. The molecule has 7 nitrogen and oxygen atoms in total. The zero-order valence-electron chi connectivity index (χ0n) is 18.1. The number of rotatable bonds is 7. The molecule has 10 heteroatoms. The largest absolute Gasteiger partial charge is 0.339 e. The van der Waals surface area contributed by atoms with Crippen LogP contribution in [0, 0.1) is 5.82 Å². The summed E-state index contributed by atoms with van der Waals surface area (Å²) in [4.78, 5) is 14.6. The Labute approximate surface area is 188 Å². The van der Waals surface area contributed by atoms with E-state index >= 15 is 0 Å². The molecule has 1 heterocycles. The number of hydrogen-bond acceptors (Lipinski definition) is 5. The molecule has 0 aliphatic carbocycles. The lowest BCUT2D eigenvalue weighted by atomic mass is 10.1. The van der Waals surface area contributed by atoms with Crippen molar-refractivity contribution in [1.29, 1.82) is 0 Å². The van der Waals surface area contributed by atoms with E-state index in [1.54, 1.807) is 18.7 Å². The SMILES string of the molecule is CCN(CC)S(=O)(=O)c1ccc(C(=O)N2CCC(S(=O)(=O)c3ccc(F)cc3)CC2)cc1. The van der Waals surface area contributed by atoms with Gasteiger partial charge in [0.15, 0.2) is 9.84 Å². The first-order chi connectivity index (χ1) is 15.1. The molecule has 1 aliphatic rings. The maximum atomic E-state index is 13.1. The number of amides is 1. The summed E-state index contributed by atoms with van der Waals surface area (Å²) in [5, 5.41) is -0.640. The normalized spacial score (nSPS) is 15.8. The molecule has 1 fully saturated rings. The predicted octanol–water partition coefficient (Wildman–Crippen LogP) is 2.93. The van der Waals surface area contributed by atoms with Crippen LogP contribution in [0.15, 0.2) is 58.3 Å². The third-order valence-electron chi connectivity index (χ3n) is 5.75. The summed E-state index contributed by atoms with van der Waals surface area (Å²) in [7, 11) is -7.21. The van der Waals surface area contributed by atoms with Gasteiger partial charge in [-0.1, -0.05) is 13.8 Å². The molecule has 1 aliphatic heterocycles. The summed E-state index contributed by atoms with van der Waals surface area (Å²) < 4.78 is 65.2. The van der Waals surface area contributed by atoms with Gasteiger partial charge in [0.25, 0.3) is 5.91 Å². The molecule has 174 valence electrons. The molecule has 2 aromatic carbocycles. The van der Waals surface area contributed by atoms with Crippen molar-refractivity contribution < 1.29 is 26.0 Å². The van der Waals surface area contributed by atoms with Crippen molar-refractivity contribution >= 4 is 25.8 Å². The van der Waals surface area contributed by atoms with E-state index in [-0.39, 0.29) is 41.6 Å². The molecule has 0 radical (unpaired) electrons. The first-order valence-electron chi connectivity index (χ1n) is 10.5. The molecule has 0 atom stereocenters. The Morgan fingerprint density at radius 3 is 1.91 bits per heavy atom. The highest BCUT2D eigenvalue weighted by Crippen LogP contribution is 2.26. The highest BCUT2D eigenvalue weighted by molar-refractivity contribution is 7.92. The Bertz CT molecular complexity index is 1150. The van der Waals surface area contributed by atoms with E-state index in [1.807, 2.05) is 0 Å². The second-order valence-corrected chi connectivity index (χ2v) is 11.8. The Morgan fingerprint density at radius 1 is 0.906 bits per heavy atom. The molecule has 0 unspecified atom stereocenters. The Morgan fingerprint density at radius 2 is 1.41 bits per heavy atom. The number of sulfone groups is 1. The number of likely N-dealkylation sites (tertiary alicyclic amines) is 1. The molecule has 0 aromatic heterocycles. The number of carbonyl (C=O) groups excluding carboxylic acids is 1. The lowest BCUT2D eigenvalue weighted by Crippen LogP contribution is -2.42. The summed E-state index contributed by atoms with van der Waals surface area (Å²) in [5.74, 6) is -0.769. The van der Waals surface area contributed by atoms with Gasteiger partial charge < -0.3 is 4.90 Å². The zero-order chi connectivity index (χ0) is 23.5. The number of benzene rings is 2. The van der Waals surface area contributed by atoms with Crippen LogP contribution in [-0.4, -0.2) is 63.4 Å². The van der Waals surface area contributed by atoms with Gasteiger partial charge in [-0.2, -0.15) is 4.31 Å². The quantitative estimate of drug-likeness (QED) is 0.566. The van der Waals surface area contributed by atoms with Crippen molar-refractivity contribution in [3.63, 3.8) is 0 Å². The number of hydrogen-bond donors (Lipinski definition) is 0. The van der Waals surface area contributed by atoms with Crippen LogP contribution in [0.4, 0.5) is 4.39 Å². The van der Waals surface area contributed by atoms with Crippen LogP contribution < -0.4 is 0 Å². The maximum absolute atomic E-state index is 13.1. The standard InChI is InChI=1S/C22H27FN2O5S2/c1-3-25(4-2)32(29,30)21-9-5-17(6-10-21)22(26)24-15-13-20(14-16-24)31(27,28)19-11-7-18(23)8-12-19/h5-12,20H,3-4,13-16H2,1-2H3. The first kappa shape index (κ1) is 24.3. The molecule has 0 bridgehead atoms. The van der Waals surface area contributed by atoms with Gasteiger partial charge in [0.05, 0.1) is 15.0 Å². The smallest absolute Gasteiger partial charge is 0.253 e. The lowest BCUT2D eigenvalue weighted by molar-refractivity contribution is 0.0725. The Kier molecular flexibility index (Phi) is 7.36. The number of nitrogens with zero attached hydrogens (tertiary/aromatic N) is 2. The summed E-state index contributed by atoms with van der Waals surface area (Å²) in [6.45, 7) is 4.77. The van der Waals surface area contributed by atoms with Gasteiger partial charge in [-0.15, -0.1) is 0 Å². The number of piperidine rings is 1. The van der Waals surface area contributed by atoms with Crippen molar-refractivity contribution in [2.75, 3.05) is 26.2 Å². The molecular formula is C22H27FN2O5S2. The van der Waals surface area contributed by atoms with Crippen molar-refractivity contribution in [3.8, 4) is 0 Å². The van der Waals surface area contributed by atoms with Crippen LogP contribution in [0.25, 0.3) is 0 Å². The van der Waals surface area contributed by atoms with E-state index in [9.17, 15) is 26.0 Å². The van der Waals surface area contributed by atoms with Gasteiger partial charge in [-0.3, -0.25) is 4.79 Å². The van der Waals surface area contributed by atoms with Gasteiger partial charge in [0.2, 0.25) is 10.0 Å². The van der Waals surface area contributed by atoms with Crippen LogP contribution in [-0.2, 0) is 19.9 Å². The van der Waals surface area contributed by atoms with Crippen molar-refractivity contribution in [3.05, 3.63) is 59.9 Å². The molecule has 3 rings (SSSR count). The van der Waals surface area contributed by atoms with Crippen molar-refractivity contribution in [2.45, 2.75) is 41.7 Å². The average molecular weight is 483 g/mol. The van der Waals surface area contributed by atoms with Gasteiger partial charge in [0, 0.05) is 31.7 Å². The number of sulfonamides is 1. The highest BCUT2D eigenvalue weighted by Gasteiger charge is 2.33. The predicted molar refractivity (Wildman–Crippen MR) is 119 cm³/mol.